The molecule has 1 fully saturated rings. The summed E-state index contributed by atoms with van der Waals surface area (Å²) in [7, 11) is 0. The third-order valence-electron chi connectivity index (χ3n) is 3.70. The van der Waals surface area contributed by atoms with Crippen LogP contribution in [0.3, 0.4) is 0 Å². The predicted octanol–water partition coefficient (Wildman–Crippen LogP) is 0.461. The molecule has 1 aliphatic rings. The van der Waals surface area contributed by atoms with Gasteiger partial charge in [-0.2, -0.15) is 0 Å². The summed E-state index contributed by atoms with van der Waals surface area (Å²) in [4.78, 5) is 2.20. The van der Waals surface area contributed by atoms with Crippen molar-refractivity contribution in [2.24, 2.45) is 11.7 Å². The number of nitrogens with two attached hydrogens (primary N) is 1. The Labute approximate surface area is 117 Å². The zero-order valence-electron chi connectivity index (χ0n) is 12.4. The van der Waals surface area contributed by atoms with Gasteiger partial charge in [-0.25, -0.2) is 0 Å². The minimum absolute atomic E-state index is 0.331. The molecule has 0 heterocycles. The topological polar surface area (TPSA) is 68.0 Å². The third-order valence-corrected chi connectivity index (χ3v) is 3.70. The van der Waals surface area contributed by atoms with E-state index >= 15 is 0 Å². The maximum Gasteiger partial charge on any atom is 0.0923 e. The van der Waals surface area contributed by atoms with Gasteiger partial charge in [0.25, 0.3) is 0 Å². The number of nitrogens with zero attached hydrogens (tertiary/aromatic N) is 1. The zero-order valence-corrected chi connectivity index (χ0v) is 12.4. The Hall–Kier alpha value is -0.200. The Kier molecular flexibility index (Phi) is 7.87. The van der Waals surface area contributed by atoms with Gasteiger partial charge in [0.15, 0.2) is 0 Å². The minimum atomic E-state index is -0.738. The fourth-order valence-corrected chi connectivity index (χ4v) is 2.31. The second-order valence-electron chi connectivity index (χ2n) is 5.25. The first-order valence-electron chi connectivity index (χ1n) is 7.46. The molecule has 0 aromatic heterocycles. The Balaban J connectivity index is 2.40. The summed E-state index contributed by atoms with van der Waals surface area (Å²) in [5.74, 6) is 0.374. The van der Waals surface area contributed by atoms with Gasteiger partial charge in [0.05, 0.1) is 18.8 Å². The van der Waals surface area contributed by atoms with Crippen LogP contribution in [0.5, 0.6) is 0 Å². The standard InChI is InChI=1S/C14H30N2O3/c1-3-18-9-7-16(8-10-19-4-2)12-14(17,11-15)13-5-6-13/h13,17H,3-12,15H2,1-2H3. The van der Waals surface area contributed by atoms with Crippen LogP contribution in [0.2, 0.25) is 0 Å². The summed E-state index contributed by atoms with van der Waals surface area (Å²) in [6, 6.07) is 0. The van der Waals surface area contributed by atoms with E-state index in [0.29, 0.717) is 32.2 Å². The van der Waals surface area contributed by atoms with Crippen LogP contribution >= 0.6 is 0 Å². The van der Waals surface area contributed by atoms with E-state index in [1.807, 2.05) is 13.8 Å². The zero-order chi connectivity index (χ0) is 14.1. The molecule has 1 atom stereocenters. The fourth-order valence-electron chi connectivity index (χ4n) is 2.31. The summed E-state index contributed by atoms with van der Waals surface area (Å²) in [5, 5.41) is 10.6. The molecule has 0 bridgehead atoms. The first-order valence-corrected chi connectivity index (χ1v) is 7.46. The van der Waals surface area contributed by atoms with Gasteiger partial charge >= 0.3 is 0 Å². The highest BCUT2D eigenvalue weighted by atomic mass is 16.5. The van der Waals surface area contributed by atoms with Crippen LogP contribution in [0.15, 0.2) is 0 Å². The van der Waals surface area contributed by atoms with E-state index in [1.54, 1.807) is 0 Å². The van der Waals surface area contributed by atoms with E-state index in [-0.39, 0.29) is 0 Å². The molecule has 0 amide bonds. The van der Waals surface area contributed by atoms with E-state index in [1.165, 1.54) is 0 Å². The molecular weight excluding hydrogens is 244 g/mol. The van der Waals surface area contributed by atoms with Gasteiger partial charge in [0.1, 0.15) is 0 Å². The Morgan fingerprint density at radius 1 is 1.16 bits per heavy atom. The van der Waals surface area contributed by atoms with Gasteiger partial charge in [-0.15, -0.1) is 0 Å². The maximum absolute atomic E-state index is 10.6. The van der Waals surface area contributed by atoms with Gasteiger partial charge in [-0.05, 0) is 32.6 Å². The first-order chi connectivity index (χ1) is 9.16. The molecule has 0 spiro atoms. The average molecular weight is 274 g/mol. The van der Waals surface area contributed by atoms with Gasteiger partial charge in [0.2, 0.25) is 0 Å². The summed E-state index contributed by atoms with van der Waals surface area (Å²) in [6.07, 6.45) is 2.19. The molecule has 1 saturated carbocycles. The number of aliphatic hydroxyl groups is 1. The molecule has 5 heteroatoms. The summed E-state index contributed by atoms with van der Waals surface area (Å²) in [6.45, 7) is 9.39. The molecule has 0 saturated heterocycles. The van der Waals surface area contributed by atoms with Crippen molar-refractivity contribution in [2.45, 2.75) is 32.3 Å². The highest BCUT2D eigenvalue weighted by Gasteiger charge is 2.43. The molecule has 114 valence electrons. The van der Waals surface area contributed by atoms with Crippen molar-refractivity contribution >= 4 is 0 Å². The van der Waals surface area contributed by atoms with E-state index in [9.17, 15) is 5.11 Å². The van der Waals surface area contributed by atoms with Crippen molar-refractivity contribution in [3.05, 3.63) is 0 Å². The molecule has 1 rings (SSSR count). The van der Waals surface area contributed by atoms with Crippen molar-refractivity contribution in [3.8, 4) is 0 Å². The van der Waals surface area contributed by atoms with Crippen LogP contribution < -0.4 is 5.73 Å². The van der Waals surface area contributed by atoms with Crippen LogP contribution in [0.25, 0.3) is 0 Å². The number of hydrogen-bond acceptors (Lipinski definition) is 5. The molecule has 0 radical (unpaired) electrons. The lowest BCUT2D eigenvalue weighted by Gasteiger charge is -2.33. The second kappa shape index (κ2) is 8.87. The lowest BCUT2D eigenvalue weighted by Crippen LogP contribution is -2.51. The molecule has 0 aliphatic heterocycles. The number of ether oxygens (including phenoxy) is 2. The average Bonchev–Trinajstić information content (AvgIpc) is 3.23. The lowest BCUT2D eigenvalue weighted by atomic mass is 9.97. The maximum atomic E-state index is 10.6. The van der Waals surface area contributed by atoms with Crippen LogP contribution in [0.1, 0.15) is 26.7 Å². The van der Waals surface area contributed by atoms with Crippen LogP contribution in [-0.2, 0) is 9.47 Å². The second-order valence-corrected chi connectivity index (χ2v) is 5.25. The Morgan fingerprint density at radius 2 is 1.68 bits per heavy atom. The van der Waals surface area contributed by atoms with Gasteiger partial charge < -0.3 is 20.3 Å². The van der Waals surface area contributed by atoms with Gasteiger partial charge in [0, 0.05) is 39.4 Å². The molecular formula is C14H30N2O3. The molecule has 0 aromatic rings. The predicted molar refractivity (Wildman–Crippen MR) is 76.2 cm³/mol. The Bertz CT molecular complexity index is 227. The van der Waals surface area contributed by atoms with Crippen LogP contribution in [0.4, 0.5) is 0 Å². The van der Waals surface area contributed by atoms with Gasteiger partial charge in [-0.3, -0.25) is 4.90 Å². The third kappa shape index (κ3) is 6.19. The SMILES string of the molecule is CCOCCN(CCOCC)CC(O)(CN)C1CC1. The summed E-state index contributed by atoms with van der Waals surface area (Å²) in [5.41, 5.74) is 5.03. The molecule has 0 aromatic carbocycles. The largest absolute Gasteiger partial charge is 0.387 e. The van der Waals surface area contributed by atoms with E-state index in [4.69, 9.17) is 15.2 Å². The van der Waals surface area contributed by atoms with Crippen molar-refractivity contribution in [2.75, 3.05) is 52.6 Å². The molecule has 3 N–H and O–H groups in total. The summed E-state index contributed by atoms with van der Waals surface area (Å²) >= 11 is 0. The van der Waals surface area contributed by atoms with Crippen molar-refractivity contribution < 1.29 is 14.6 Å². The van der Waals surface area contributed by atoms with Crippen LogP contribution in [0, 0.1) is 5.92 Å². The van der Waals surface area contributed by atoms with E-state index in [0.717, 1.165) is 39.1 Å². The van der Waals surface area contributed by atoms with Crippen LogP contribution in [-0.4, -0.2) is 68.2 Å². The van der Waals surface area contributed by atoms with Gasteiger partial charge in [-0.1, -0.05) is 0 Å². The summed E-state index contributed by atoms with van der Waals surface area (Å²) < 4.78 is 10.8. The van der Waals surface area contributed by atoms with Crippen molar-refractivity contribution in [1.29, 1.82) is 0 Å². The highest BCUT2D eigenvalue weighted by Crippen LogP contribution is 2.39. The van der Waals surface area contributed by atoms with Crippen molar-refractivity contribution in [1.82, 2.24) is 4.90 Å². The normalized spacial score (nSPS) is 18.8. The molecule has 1 unspecified atom stereocenters. The molecule has 5 nitrogen and oxygen atoms in total. The van der Waals surface area contributed by atoms with E-state index in [2.05, 4.69) is 4.90 Å². The monoisotopic (exact) mass is 274 g/mol. The minimum Gasteiger partial charge on any atom is -0.387 e. The smallest absolute Gasteiger partial charge is 0.0923 e. The number of hydrogen-bond donors (Lipinski definition) is 2. The lowest BCUT2D eigenvalue weighted by molar-refractivity contribution is -0.0212. The van der Waals surface area contributed by atoms with Crippen molar-refractivity contribution in [3.63, 3.8) is 0 Å². The highest BCUT2D eigenvalue weighted by molar-refractivity contribution is 4.97. The first kappa shape index (κ1) is 16.9. The quantitative estimate of drug-likeness (QED) is 0.506. The molecule has 1 aliphatic carbocycles. The van der Waals surface area contributed by atoms with E-state index < -0.39 is 5.60 Å². The fraction of sp³-hybridized carbons (Fsp3) is 1.00. The molecule has 19 heavy (non-hydrogen) atoms. The number of rotatable bonds is 12. The Morgan fingerprint density at radius 3 is 2.05 bits per heavy atom.